The second kappa shape index (κ2) is 6.06. The lowest BCUT2D eigenvalue weighted by atomic mass is 10.2. The van der Waals surface area contributed by atoms with E-state index in [1.165, 1.54) is 12.1 Å². The Morgan fingerprint density at radius 1 is 1.39 bits per heavy atom. The molecular weight excluding hydrogens is 257 g/mol. The molecule has 1 rings (SSSR count). The molecule has 0 radical (unpaired) electrons. The zero-order valence-electron chi connectivity index (χ0n) is 9.62. The summed E-state index contributed by atoms with van der Waals surface area (Å²) in [5, 5.41) is 4.52. The van der Waals surface area contributed by atoms with Gasteiger partial charge in [-0.15, -0.1) is 0 Å². The topological polar surface area (TPSA) is 84.2 Å². The van der Waals surface area contributed by atoms with Gasteiger partial charge in [0.1, 0.15) is 5.82 Å². The molecule has 0 aromatic heterocycles. The van der Waals surface area contributed by atoms with Crippen LogP contribution in [-0.4, -0.2) is 23.3 Å². The highest BCUT2D eigenvalue weighted by molar-refractivity contribution is 7.80. The van der Waals surface area contributed by atoms with Crippen molar-refractivity contribution >= 4 is 34.7 Å². The molecule has 0 heterocycles. The molecule has 0 unspecified atom stereocenters. The summed E-state index contributed by atoms with van der Waals surface area (Å²) in [5.41, 5.74) is 6.06. The quantitative estimate of drug-likeness (QED) is 0.550. The monoisotopic (exact) mass is 269 g/mol. The first-order valence-electron chi connectivity index (χ1n) is 5.04. The van der Waals surface area contributed by atoms with Crippen molar-refractivity contribution in [2.45, 2.75) is 6.92 Å². The van der Waals surface area contributed by atoms with Gasteiger partial charge in [0.2, 0.25) is 0 Å². The molecule has 7 heteroatoms. The van der Waals surface area contributed by atoms with E-state index < -0.39 is 17.6 Å². The molecule has 0 bridgehead atoms. The van der Waals surface area contributed by atoms with E-state index in [4.69, 9.17) is 5.73 Å². The molecule has 4 N–H and O–H groups in total. The maximum atomic E-state index is 13.0. The fraction of sp³-hybridized carbons (Fsp3) is 0.182. The van der Waals surface area contributed by atoms with Crippen molar-refractivity contribution < 1.29 is 14.0 Å². The van der Waals surface area contributed by atoms with Crippen LogP contribution in [-0.2, 0) is 9.59 Å². The first-order chi connectivity index (χ1) is 8.40. The summed E-state index contributed by atoms with van der Waals surface area (Å²) < 4.78 is 13.0. The van der Waals surface area contributed by atoms with Crippen molar-refractivity contribution in [2.75, 3.05) is 11.9 Å². The summed E-state index contributed by atoms with van der Waals surface area (Å²) in [6.45, 7) is 1.62. The van der Waals surface area contributed by atoms with Gasteiger partial charge in [0, 0.05) is 5.69 Å². The molecule has 1 aromatic carbocycles. The number of thiocarbonyl (C=S) groups is 1. The second-order valence-electron chi connectivity index (χ2n) is 3.56. The summed E-state index contributed by atoms with van der Waals surface area (Å²) in [5.74, 6) is -2.29. The number of carbonyl (C=O) groups excluding carboxylic acids is 2. The lowest BCUT2D eigenvalue weighted by Gasteiger charge is -2.08. The van der Waals surface area contributed by atoms with Crippen LogP contribution in [0.5, 0.6) is 0 Å². The minimum absolute atomic E-state index is 0.0658. The van der Waals surface area contributed by atoms with Crippen molar-refractivity contribution in [3.05, 3.63) is 29.6 Å². The molecule has 0 aliphatic carbocycles. The minimum atomic E-state index is -0.903. The molecule has 0 atom stereocenters. The van der Waals surface area contributed by atoms with Gasteiger partial charge in [0.05, 0.1) is 11.5 Å². The van der Waals surface area contributed by atoms with Crippen LogP contribution in [0.4, 0.5) is 10.1 Å². The molecule has 0 aliphatic rings. The van der Waals surface area contributed by atoms with E-state index in [0.717, 1.165) is 6.07 Å². The largest absolute Gasteiger partial charge is 0.392 e. The van der Waals surface area contributed by atoms with Crippen LogP contribution in [0.15, 0.2) is 18.2 Å². The van der Waals surface area contributed by atoms with Crippen molar-refractivity contribution in [1.29, 1.82) is 0 Å². The van der Waals surface area contributed by atoms with Crippen LogP contribution in [0.3, 0.4) is 0 Å². The van der Waals surface area contributed by atoms with Crippen molar-refractivity contribution in [1.82, 2.24) is 5.32 Å². The second-order valence-corrected chi connectivity index (χ2v) is 4.09. The Bertz CT molecular complexity index is 505. The molecular formula is C11H12FN3O2S. The Hall–Kier alpha value is -2.02. The van der Waals surface area contributed by atoms with Crippen LogP contribution in [0.2, 0.25) is 0 Å². The number of aryl methyl sites for hydroxylation is 1. The summed E-state index contributed by atoms with van der Waals surface area (Å²) >= 11 is 4.55. The maximum Gasteiger partial charge on any atom is 0.313 e. The fourth-order valence-electron chi connectivity index (χ4n) is 1.16. The molecule has 96 valence electrons. The number of halogens is 1. The van der Waals surface area contributed by atoms with Crippen LogP contribution in [0, 0.1) is 12.7 Å². The van der Waals surface area contributed by atoms with Gasteiger partial charge in [0.15, 0.2) is 0 Å². The van der Waals surface area contributed by atoms with Crippen LogP contribution in [0.25, 0.3) is 0 Å². The molecule has 0 saturated carbocycles. The molecule has 2 amide bonds. The fourth-order valence-corrected chi connectivity index (χ4v) is 1.23. The van der Waals surface area contributed by atoms with E-state index >= 15 is 0 Å². The predicted molar refractivity (Wildman–Crippen MR) is 69.6 cm³/mol. The van der Waals surface area contributed by atoms with E-state index in [1.54, 1.807) is 6.92 Å². The maximum absolute atomic E-state index is 13.0. The third-order valence-electron chi connectivity index (χ3n) is 2.08. The van der Waals surface area contributed by atoms with Crippen LogP contribution in [0.1, 0.15) is 5.56 Å². The Kier molecular flexibility index (Phi) is 4.73. The highest BCUT2D eigenvalue weighted by Crippen LogP contribution is 2.15. The van der Waals surface area contributed by atoms with E-state index in [9.17, 15) is 14.0 Å². The Labute approximate surface area is 109 Å². The molecule has 18 heavy (non-hydrogen) atoms. The number of anilines is 1. The predicted octanol–water partition coefficient (Wildman–Crippen LogP) is 0.475. The Morgan fingerprint density at radius 3 is 2.67 bits per heavy atom. The SMILES string of the molecule is Cc1ccc(F)cc1NC(=O)C(=O)NCC(N)=S. The number of hydrogen-bond acceptors (Lipinski definition) is 3. The van der Waals surface area contributed by atoms with E-state index in [0.29, 0.717) is 5.56 Å². The Morgan fingerprint density at radius 2 is 2.06 bits per heavy atom. The van der Waals surface area contributed by atoms with E-state index in [2.05, 4.69) is 22.9 Å². The van der Waals surface area contributed by atoms with Crippen molar-refractivity contribution in [3.63, 3.8) is 0 Å². The summed E-state index contributed by atoms with van der Waals surface area (Å²) in [6, 6.07) is 3.89. The number of rotatable bonds is 3. The Balaban J connectivity index is 2.66. The smallest absolute Gasteiger partial charge is 0.313 e. The van der Waals surface area contributed by atoms with Crippen molar-refractivity contribution in [3.8, 4) is 0 Å². The average Bonchev–Trinajstić information content (AvgIpc) is 2.30. The third-order valence-corrected chi connectivity index (χ3v) is 2.22. The lowest BCUT2D eigenvalue weighted by Crippen LogP contribution is -2.39. The molecule has 0 saturated heterocycles. The van der Waals surface area contributed by atoms with Gasteiger partial charge in [-0.3, -0.25) is 9.59 Å². The first-order valence-corrected chi connectivity index (χ1v) is 5.44. The third kappa shape index (κ3) is 4.10. The average molecular weight is 269 g/mol. The van der Waals surface area contributed by atoms with Crippen LogP contribution >= 0.6 is 12.2 Å². The standard InChI is InChI=1S/C11H12FN3O2S/c1-6-2-3-7(12)4-8(6)15-11(17)10(16)14-5-9(13)18/h2-4H,5H2,1H3,(H2,13,18)(H,14,16)(H,15,17). The number of hydrogen-bond donors (Lipinski definition) is 3. The highest BCUT2D eigenvalue weighted by atomic mass is 32.1. The van der Waals surface area contributed by atoms with E-state index in [-0.39, 0.29) is 17.2 Å². The van der Waals surface area contributed by atoms with Gasteiger partial charge < -0.3 is 16.4 Å². The zero-order chi connectivity index (χ0) is 13.7. The van der Waals surface area contributed by atoms with Gasteiger partial charge in [-0.05, 0) is 24.6 Å². The number of nitrogens with two attached hydrogens (primary N) is 1. The van der Waals surface area contributed by atoms with E-state index in [1.807, 2.05) is 0 Å². The van der Waals surface area contributed by atoms with Gasteiger partial charge in [0.25, 0.3) is 0 Å². The first kappa shape index (κ1) is 14.0. The molecule has 5 nitrogen and oxygen atoms in total. The van der Waals surface area contributed by atoms with Gasteiger partial charge in [-0.1, -0.05) is 18.3 Å². The molecule has 0 fully saturated rings. The zero-order valence-corrected chi connectivity index (χ0v) is 10.4. The van der Waals surface area contributed by atoms with Gasteiger partial charge in [-0.25, -0.2) is 4.39 Å². The van der Waals surface area contributed by atoms with Crippen molar-refractivity contribution in [2.24, 2.45) is 5.73 Å². The minimum Gasteiger partial charge on any atom is -0.392 e. The summed E-state index contributed by atoms with van der Waals surface area (Å²) in [7, 11) is 0. The molecule has 1 aromatic rings. The summed E-state index contributed by atoms with van der Waals surface area (Å²) in [6.07, 6.45) is 0. The molecule has 0 spiro atoms. The number of carbonyl (C=O) groups is 2. The normalized spacial score (nSPS) is 9.67. The van der Waals surface area contributed by atoms with Gasteiger partial charge in [-0.2, -0.15) is 0 Å². The molecule has 0 aliphatic heterocycles. The lowest BCUT2D eigenvalue weighted by molar-refractivity contribution is -0.135. The highest BCUT2D eigenvalue weighted by Gasteiger charge is 2.14. The number of amides is 2. The van der Waals surface area contributed by atoms with Gasteiger partial charge >= 0.3 is 11.8 Å². The number of benzene rings is 1. The van der Waals surface area contributed by atoms with Crippen LogP contribution < -0.4 is 16.4 Å². The summed E-state index contributed by atoms with van der Waals surface area (Å²) in [4.78, 5) is 22.8. The number of nitrogens with one attached hydrogen (secondary N) is 2.